The lowest BCUT2D eigenvalue weighted by Crippen LogP contribution is -2.47. The summed E-state index contributed by atoms with van der Waals surface area (Å²) in [6.45, 7) is 3.52. The summed E-state index contributed by atoms with van der Waals surface area (Å²) < 4.78 is 5.07. The molecule has 0 bridgehead atoms. The average Bonchev–Trinajstić information content (AvgIpc) is 2.84. The van der Waals surface area contributed by atoms with Crippen LogP contribution in [0.2, 0.25) is 0 Å². The Morgan fingerprint density at radius 3 is 2.85 bits per heavy atom. The molecule has 1 heterocycles. The first-order chi connectivity index (χ1) is 9.45. The van der Waals surface area contributed by atoms with Crippen LogP contribution >= 0.6 is 0 Å². The van der Waals surface area contributed by atoms with Crippen LogP contribution in [0.5, 0.6) is 5.75 Å². The molecule has 20 heavy (non-hydrogen) atoms. The van der Waals surface area contributed by atoms with Gasteiger partial charge in [0.15, 0.2) is 0 Å². The number of methoxy groups -OCH3 is 1. The number of nitrogens with zero attached hydrogens (tertiary/aromatic N) is 1. The van der Waals surface area contributed by atoms with E-state index in [1.165, 1.54) is 25.3 Å². The van der Waals surface area contributed by atoms with Gasteiger partial charge in [-0.25, -0.2) is 0 Å². The van der Waals surface area contributed by atoms with Crippen molar-refractivity contribution in [1.82, 2.24) is 10.6 Å². The van der Waals surface area contributed by atoms with E-state index in [9.17, 15) is 14.9 Å². The van der Waals surface area contributed by atoms with Crippen molar-refractivity contribution in [2.75, 3.05) is 20.2 Å². The number of hydrogen-bond donors (Lipinski definition) is 2. The number of ether oxygens (including phenoxy) is 1. The molecule has 0 radical (unpaired) electrons. The molecule has 1 aromatic carbocycles. The second kappa shape index (κ2) is 5.46. The summed E-state index contributed by atoms with van der Waals surface area (Å²) in [6, 6.07) is 3.97. The summed E-state index contributed by atoms with van der Waals surface area (Å²) in [4.78, 5) is 22.5. The summed E-state index contributed by atoms with van der Waals surface area (Å²) in [6.07, 6.45) is 0.841. The fraction of sp³-hybridized carbons (Fsp3) is 0.462. The van der Waals surface area contributed by atoms with Crippen molar-refractivity contribution in [3.05, 3.63) is 33.9 Å². The first-order valence-electron chi connectivity index (χ1n) is 6.31. The number of non-ortho nitro benzene ring substituents is 1. The Hall–Kier alpha value is -2.15. The maximum Gasteiger partial charge on any atom is 0.273 e. The Bertz CT molecular complexity index is 538. The lowest BCUT2D eigenvalue weighted by Gasteiger charge is -2.24. The minimum Gasteiger partial charge on any atom is -0.496 e. The average molecular weight is 279 g/mol. The molecule has 1 aromatic rings. The molecule has 1 atom stereocenters. The Morgan fingerprint density at radius 2 is 2.30 bits per heavy atom. The maximum absolute atomic E-state index is 12.3. The normalized spacial score (nSPS) is 21.5. The van der Waals surface area contributed by atoms with Crippen LogP contribution in [0.3, 0.4) is 0 Å². The molecule has 2 N–H and O–H groups in total. The molecular weight excluding hydrogens is 262 g/mol. The number of carbonyl (C=O) groups is 1. The number of benzene rings is 1. The number of nitro benzene ring substituents is 1. The van der Waals surface area contributed by atoms with E-state index in [1.54, 1.807) is 0 Å². The van der Waals surface area contributed by atoms with Gasteiger partial charge in [-0.05, 0) is 26.0 Å². The second-order valence-electron chi connectivity index (χ2n) is 5.08. The van der Waals surface area contributed by atoms with Crippen molar-refractivity contribution in [1.29, 1.82) is 0 Å². The van der Waals surface area contributed by atoms with Crippen LogP contribution in [0.4, 0.5) is 5.69 Å². The molecule has 1 fully saturated rings. The van der Waals surface area contributed by atoms with E-state index in [0.717, 1.165) is 13.0 Å². The van der Waals surface area contributed by atoms with E-state index in [0.29, 0.717) is 12.1 Å². The molecule has 1 unspecified atom stereocenters. The predicted octanol–water partition coefficient (Wildman–Crippen LogP) is 1.09. The molecule has 1 aliphatic rings. The molecule has 0 spiro atoms. The molecule has 7 heteroatoms. The van der Waals surface area contributed by atoms with Crippen molar-refractivity contribution in [2.45, 2.75) is 18.9 Å². The molecule has 1 saturated heterocycles. The molecule has 2 rings (SSSR count). The van der Waals surface area contributed by atoms with E-state index in [2.05, 4.69) is 10.6 Å². The maximum atomic E-state index is 12.3. The molecule has 0 aliphatic carbocycles. The molecule has 1 amide bonds. The lowest BCUT2D eigenvalue weighted by molar-refractivity contribution is -0.384. The summed E-state index contributed by atoms with van der Waals surface area (Å²) >= 11 is 0. The largest absolute Gasteiger partial charge is 0.496 e. The van der Waals surface area contributed by atoms with Gasteiger partial charge in [0.25, 0.3) is 11.6 Å². The highest BCUT2D eigenvalue weighted by Crippen LogP contribution is 2.25. The van der Waals surface area contributed by atoms with E-state index < -0.39 is 4.92 Å². The van der Waals surface area contributed by atoms with Gasteiger partial charge in [0.2, 0.25) is 0 Å². The van der Waals surface area contributed by atoms with E-state index in [-0.39, 0.29) is 22.9 Å². The molecule has 108 valence electrons. The van der Waals surface area contributed by atoms with Crippen molar-refractivity contribution < 1.29 is 14.5 Å². The molecule has 1 aliphatic heterocycles. The number of rotatable bonds is 4. The van der Waals surface area contributed by atoms with Crippen LogP contribution in [0.25, 0.3) is 0 Å². The zero-order valence-corrected chi connectivity index (χ0v) is 11.4. The van der Waals surface area contributed by atoms with Gasteiger partial charge >= 0.3 is 0 Å². The Kier molecular flexibility index (Phi) is 3.89. The summed E-state index contributed by atoms with van der Waals surface area (Å²) in [7, 11) is 1.38. The van der Waals surface area contributed by atoms with Crippen LogP contribution in [0.15, 0.2) is 18.2 Å². The lowest BCUT2D eigenvalue weighted by atomic mass is 10.0. The van der Waals surface area contributed by atoms with Crippen molar-refractivity contribution in [3.8, 4) is 5.75 Å². The fourth-order valence-corrected chi connectivity index (χ4v) is 2.25. The van der Waals surface area contributed by atoms with Gasteiger partial charge < -0.3 is 15.4 Å². The highest BCUT2D eigenvalue weighted by molar-refractivity contribution is 5.97. The molecule has 0 saturated carbocycles. The van der Waals surface area contributed by atoms with Crippen molar-refractivity contribution in [3.63, 3.8) is 0 Å². The summed E-state index contributed by atoms with van der Waals surface area (Å²) in [5, 5.41) is 16.9. The molecule has 0 aromatic heterocycles. The van der Waals surface area contributed by atoms with Crippen LogP contribution < -0.4 is 15.4 Å². The highest BCUT2D eigenvalue weighted by atomic mass is 16.6. The zero-order valence-electron chi connectivity index (χ0n) is 11.4. The number of carbonyl (C=O) groups excluding carboxylic acids is 1. The fourth-order valence-electron chi connectivity index (χ4n) is 2.25. The summed E-state index contributed by atoms with van der Waals surface area (Å²) in [5.41, 5.74) is -0.109. The number of nitrogens with one attached hydrogen (secondary N) is 2. The van der Waals surface area contributed by atoms with Gasteiger partial charge in [-0.15, -0.1) is 0 Å². The van der Waals surface area contributed by atoms with Gasteiger partial charge in [0.1, 0.15) is 5.75 Å². The van der Waals surface area contributed by atoms with E-state index in [4.69, 9.17) is 4.74 Å². The smallest absolute Gasteiger partial charge is 0.273 e. The zero-order chi connectivity index (χ0) is 14.8. The predicted molar refractivity (Wildman–Crippen MR) is 73.0 cm³/mol. The SMILES string of the molecule is COc1cc([N+](=O)[O-])ccc1C(=O)NC1(C)CCNC1. The van der Waals surface area contributed by atoms with Gasteiger partial charge in [-0.3, -0.25) is 14.9 Å². The molecular formula is C13H17N3O4. The van der Waals surface area contributed by atoms with Crippen LogP contribution in [0, 0.1) is 10.1 Å². The van der Waals surface area contributed by atoms with E-state index >= 15 is 0 Å². The minimum atomic E-state index is -0.521. The van der Waals surface area contributed by atoms with Crippen molar-refractivity contribution >= 4 is 11.6 Å². The number of amides is 1. The Balaban J connectivity index is 2.23. The van der Waals surface area contributed by atoms with Crippen LogP contribution in [-0.2, 0) is 0 Å². The topological polar surface area (TPSA) is 93.5 Å². The standard InChI is InChI=1S/C13H17N3O4/c1-13(5-6-14-8-13)15-12(17)10-4-3-9(16(18)19)7-11(10)20-2/h3-4,7,14H,5-6,8H2,1-2H3,(H,15,17). The number of nitro groups is 1. The van der Waals surface area contributed by atoms with Gasteiger partial charge in [0.05, 0.1) is 29.2 Å². The first-order valence-corrected chi connectivity index (χ1v) is 6.31. The monoisotopic (exact) mass is 279 g/mol. The van der Waals surface area contributed by atoms with Crippen LogP contribution in [-0.4, -0.2) is 36.6 Å². The Morgan fingerprint density at radius 1 is 1.55 bits per heavy atom. The third kappa shape index (κ3) is 2.88. The number of hydrogen-bond acceptors (Lipinski definition) is 5. The second-order valence-corrected chi connectivity index (χ2v) is 5.08. The minimum absolute atomic E-state index is 0.104. The summed E-state index contributed by atoms with van der Waals surface area (Å²) in [5.74, 6) is -0.0887. The quantitative estimate of drug-likeness (QED) is 0.635. The molecule has 7 nitrogen and oxygen atoms in total. The van der Waals surface area contributed by atoms with E-state index in [1.807, 2.05) is 6.92 Å². The van der Waals surface area contributed by atoms with Crippen molar-refractivity contribution in [2.24, 2.45) is 0 Å². The van der Waals surface area contributed by atoms with Gasteiger partial charge in [-0.2, -0.15) is 0 Å². The first kappa shape index (κ1) is 14.3. The highest BCUT2D eigenvalue weighted by Gasteiger charge is 2.31. The third-order valence-corrected chi connectivity index (χ3v) is 3.42. The third-order valence-electron chi connectivity index (χ3n) is 3.42. The van der Waals surface area contributed by atoms with Gasteiger partial charge in [-0.1, -0.05) is 0 Å². The van der Waals surface area contributed by atoms with Crippen LogP contribution in [0.1, 0.15) is 23.7 Å². The van der Waals surface area contributed by atoms with Gasteiger partial charge in [0, 0.05) is 12.6 Å². The Labute approximate surface area is 116 Å².